The van der Waals surface area contributed by atoms with Crippen LogP contribution in [0.3, 0.4) is 0 Å². The number of carbonyl (C=O) groups excluding carboxylic acids is 1. The number of amides is 1. The molecule has 0 spiro atoms. The van der Waals surface area contributed by atoms with Crippen LogP contribution in [0, 0.1) is 5.41 Å². The van der Waals surface area contributed by atoms with Crippen molar-refractivity contribution in [3.05, 3.63) is 36.5 Å². The topological polar surface area (TPSA) is 79.7 Å². The molecular formula is C19H26N2O4. The number of β-lactam (4-membered cyclic amide) rings is 1. The number of rotatable bonds is 10. The van der Waals surface area contributed by atoms with E-state index in [4.69, 9.17) is 4.74 Å². The number of hydrogen-bond donors (Lipinski definition) is 1. The molecule has 1 fully saturated rings. The van der Waals surface area contributed by atoms with E-state index in [2.05, 4.69) is 11.6 Å². The summed E-state index contributed by atoms with van der Waals surface area (Å²) in [5.41, 5.74) is 0.322. The summed E-state index contributed by atoms with van der Waals surface area (Å²) in [5, 5.41) is 9.24. The molecule has 25 heavy (non-hydrogen) atoms. The van der Waals surface area contributed by atoms with E-state index in [1.54, 1.807) is 23.2 Å². The molecule has 0 aliphatic carbocycles. The SMILES string of the molecule is C=CCCCC[C@@]1(C)CN([C@@H](CC(=O)O)c2ccc(OC)nc2)C1=O. The minimum absolute atomic E-state index is 0.0215. The predicted molar refractivity (Wildman–Crippen MR) is 94.3 cm³/mol. The second-order valence-corrected chi connectivity index (χ2v) is 6.78. The predicted octanol–water partition coefficient (Wildman–Crippen LogP) is 3.20. The zero-order valence-corrected chi connectivity index (χ0v) is 14.9. The summed E-state index contributed by atoms with van der Waals surface area (Å²) in [6, 6.07) is 2.96. The van der Waals surface area contributed by atoms with E-state index >= 15 is 0 Å². The molecule has 0 saturated carbocycles. The lowest BCUT2D eigenvalue weighted by atomic mass is 9.74. The molecule has 2 rings (SSSR count). The lowest BCUT2D eigenvalue weighted by Crippen LogP contribution is -2.61. The number of methoxy groups -OCH3 is 1. The highest BCUT2D eigenvalue weighted by molar-refractivity contribution is 5.89. The minimum atomic E-state index is -0.937. The number of unbranched alkanes of at least 4 members (excludes halogenated alkanes) is 2. The number of likely N-dealkylation sites (tertiary alicyclic amines) is 1. The van der Waals surface area contributed by atoms with Crippen LogP contribution < -0.4 is 4.74 Å². The number of nitrogens with zero attached hydrogens (tertiary/aromatic N) is 2. The Kier molecular flexibility index (Phi) is 6.17. The van der Waals surface area contributed by atoms with Crippen molar-refractivity contribution < 1.29 is 19.4 Å². The molecule has 1 aromatic heterocycles. The van der Waals surface area contributed by atoms with Gasteiger partial charge in [-0.25, -0.2) is 4.98 Å². The average molecular weight is 346 g/mol. The summed E-state index contributed by atoms with van der Waals surface area (Å²) in [5.74, 6) is -0.457. The van der Waals surface area contributed by atoms with Gasteiger partial charge in [-0.1, -0.05) is 18.6 Å². The zero-order valence-electron chi connectivity index (χ0n) is 14.9. The summed E-state index contributed by atoms with van der Waals surface area (Å²) >= 11 is 0. The molecule has 0 unspecified atom stereocenters. The Hall–Kier alpha value is -2.37. The second-order valence-electron chi connectivity index (χ2n) is 6.78. The van der Waals surface area contributed by atoms with Crippen LogP contribution in [0.1, 0.15) is 50.6 Å². The number of carbonyl (C=O) groups is 2. The van der Waals surface area contributed by atoms with Crippen molar-refractivity contribution >= 4 is 11.9 Å². The van der Waals surface area contributed by atoms with Gasteiger partial charge in [0.2, 0.25) is 11.8 Å². The third kappa shape index (κ3) is 4.38. The molecule has 0 aromatic carbocycles. The van der Waals surface area contributed by atoms with Gasteiger partial charge >= 0.3 is 5.97 Å². The van der Waals surface area contributed by atoms with Crippen LogP contribution in [-0.4, -0.2) is 40.5 Å². The first-order valence-electron chi connectivity index (χ1n) is 8.55. The van der Waals surface area contributed by atoms with Crippen LogP contribution in [0.5, 0.6) is 5.88 Å². The molecule has 0 radical (unpaired) electrons. The number of aromatic nitrogens is 1. The van der Waals surface area contributed by atoms with Gasteiger partial charge in [0.15, 0.2) is 0 Å². The first-order valence-corrected chi connectivity index (χ1v) is 8.55. The average Bonchev–Trinajstić information content (AvgIpc) is 2.61. The summed E-state index contributed by atoms with van der Waals surface area (Å²) in [6.45, 7) is 6.24. The fourth-order valence-electron chi connectivity index (χ4n) is 3.30. The quantitative estimate of drug-likeness (QED) is 0.400. The molecule has 6 heteroatoms. The van der Waals surface area contributed by atoms with Gasteiger partial charge in [-0.2, -0.15) is 0 Å². The van der Waals surface area contributed by atoms with Gasteiger partial charge in [-0.15, -0.1) is 6.58 Å². The van der Waals surface area contributed by atoms with E-state index < -0.39 is 17.4 Å². The standard InChI is InChI=1S/C19H26N2O4/c1-4-5-6-7-10-19(2)13-21(18(19)24)15(11-17(22)23)14-8-9-16(25-3)20-12-14/h4,8-9,12,15H,1,5-7,10-11,13H2,2-3H3,(H,22,23)/t15-,19-/m0/s1. The number of allylic oxidation sites excluding steroid dienone is 1. The van der Waals surface area contributed by atoms with Gasteiger partial charge in [0.1, 0.15) is 0 Å². The molecule has 1 aromatic rings. The maximum Gasteiger partial charge on any atom is 0.305 e. The Morgan fingerprint density at radius 2 is 2.28 bits per heavy atom. The molecule has 1 aliphatic heterocycles. The van der Waals surface area contributed by atoms with Gasteiger partial charge in [-0.05, 0) is 31.7 Å². The molecule has 1 amide bonds. The van der Waals surface area contributed by atoms with Gasteiger partial charge < -0.3 is 14.7 Å². The van der Waals surface area contributed by atoms with Crippen molar-refractivity contribution in [3.63, 3.8) is 0 Å². The van der Waals surface area contributed by atoms with E-state index in [0.717, 1.165) is 25.7 Å². The first-order chi connectivity index (χ1) is 11.9. The highest BCUT2D eigenvalue weighted by atomic mass is 16.5. The number of carboxylic acids is 1. The molecular weight excluding hydrogens is 320 g/mol. The lowest BCUT2D eigenvalue weighted by Gasteiger charge is -2.50. The van der Waals surface area contributed by atoms with E-state index in [-0.39, 0.29) is 12.3 Å². The second kappa shape index (κ2) is 8.14. The van der Waals surface area contributed by atoms with Crippen LogP contribution in [-0.2, 0) is 9.59 Å². The Bertz CT molecular complexity index is 629. The van der Waals surface area contributed by atoms with Gasteiger partial charge in [0.05, 0.1) is 25.0 Å². The number of pyridine rings is 1. The molecule has 0 bridgehead atoms. The third-order valence-electron chi connectivity index (χ3n) is 4.78. The minimum Gasteiger partial charge on any atom is -0.481 e. The molecule has 2 atom stereocenters. The molecule has 1 aliphatic rings. The van der Waals surface area contributed by atoms with Crippen molar-refractivity contribution in [1.82, 2.24) is 9.88 Å². The van der Waals surface area contributed by atoms with Crippen molar-refractivity contribution in [2.45, 2.75) is 45.1 Å². The van der Waals surface area contributed by atoms with E-state index in [1.807, 2.05) is 13.0 Å². The Labute approximate surface area is 148 Å². The van der Waals surface area contributed by atoms with Crippen molar-refractivity contribution in [1.29, 1.82) is 0 Å². The number of hydrogen-bond acceptors (Lipinski definition) is 4. The van der Waals surface area contributed by atoms with Crippen molar-refractivity contribution in [3.8, 4) is 5.88 Å². The molecule has 6 nitrogen and oxygen atoms in total. The lowest BCUT2D eigenvalue weighted by molar-refractivity contribution is -0.165. The maximum atomic E-state index is 12.7. The molecule has 136 valence electrons. The van der Waals surface area contributed by atoms with Crippen LogP contribution in [0.4, 0.5) is 0 Å². The van der Waals surface area contributed by atoms with E-state index in [1.165, 1.54) is 7.11 Å². The maximum absolute atomic E-state index is 12.7. The molecule has 1 N–H and O–H groups in total. The highest BCUT2D eigenvalue weighted by Crippen LogP contribution is 2.42. The van der Waals surface area contributed by atoms with Gasteiger partial charge in [0, 0.05) is 18.8 Å². The zero-order chi connectivity index (χ0) is 18.4. The monoisotopic (exact) mass is 346 g/mol. The fourth-order valence-corrected chi connectivity index (χ4v) is 3.30. The van der Waals surface area contributed by atoms with Crippen molar-refractivity contribution in [2.24, 2.45) is 5.41 Å². The van der Waals surface area contributed by atoms with Crippen LogP contribution >= 0.6 is 0 Å². The highest BCUT2D eigenvalue weighted by Gasteiger charge is 2.50. The Morgan fingerprint density at radius 3 is 2.80 bits per heavy atom. The van der Waals surface area contributed by atoms with Crippen molar-refractivity contribution in [2.75, 3.05) is 13.7 Å². The largest absolute Gasteiger partial charge is 0.481 e. The fraction of sp³-hybridized carbons (Fsp3) is 0.526. The Morgan fingerprint density at radius 1 is 1.52 bits per heavy atom. The van der Waals surface area contributed by atoms with E-state index in [9.17, 15) is 14.7 Å². The molecule has 1 saturated heterocycles. The summed E-state index contributed by atoms with van der Waals surface area (Å²) < 4.78 is 5.03. The first kappa shape index (κ1) is 19.0. The summed E-state index contributed by atoms with van der Waals surface area (Å²) in [4.78, 5) is 29.8. The normalized spacial score (nSPS) is 20.7. The smallest absolute Gasteiger partial charge is 0.305 e. The number of ether oxygens (including phenoxy) is 1. The van der Waals surface area contributed by atoms with E-state index in [0.29, 0.717) is 18.0 Å². The summed E-state index contributed by atoms with van der Waals surface area (Å²) in [6.07, 6.45) is 7.09. The van der Waals surface area contributed by atoms with Crippen LogP contribution in [0.2, 0.25) is 0 Å². The van der Waals surface area contributed by atoms with Crippen LogP contribution in [0.25, 0.3) is 0 Å². The molecule has 2 heterocycles. The Balaban J connectivity index is 2.07. The van der Waals surface area contributed by atoms with Crippen LogP contribution in [0.15, 0.2) is 31.0 Å². The third-order valence-corrected chi connectivity index (χ3v) is 4.78. The van der Waals surface area contributed by atoms with Gasteiger partial charge in [0.25, 0.3) is 0 Å². The van der Waals surface area contributed by atoms with Gasteiger partial charge in [-0.3, -0.25) is 9.59 Å². The number of aliphatic carboxylic acids is 1. The summed E-state index contributed by atoms with van der Waals surface area (Å²) in [7, 11) is 1.52. The number of carboxylic acid groups (broad SMARTS) is 1.